The normalized spacial score (nSPS) is 13.3. The highest BCUT2D eigenvalue weighted by atomic mass is 35.5. The molecule has 2 atom stereocenters. The highest BCUT2D eigenvalue weighted by Gasteiger charge is 2.21. The molecule has 23 heavy (non-hydrogen) atoms. The van der Waals surface area contributed by atoms with E-state index in [2.05, 4.69) is 5.32 Å². The van der Waals surface area contributed by atoms with Crippen molar-refractivity contribution in [2.45, 2.75) is 19.1 Å². The van der Waals surface area contributed by atoms with Gasteiger partial charge in [-0.3, -0.25) is 4.79 Å². The molecule has 0 saturated heterocycles. The van der Waals surface area contributed by atoms with Crippen LogP contribution in [0, 0.1) is 5.82 Å². The Balaban J connectivity index is 2.13. The van der Waals surface area contributed by atoms with Gasteiger partial charge in [0.1, 0.15) is 11.6 Å². The molecular formula is C17H17ClFNO3. The molecule has 0 aliphatic heterocycles. The number of halogens is 2. The lowest BCUT2D eigenvalue weighted by Gasteiger charge is -2.21. The van der Waals surface area contributed by atoms with Gasteiger partial charge in [0.2, 0.25) is 0 Å². The highest BCUT2D eigenvalue weighted by molar-refractivity contribution is 6.30. The first-order valence-electron chi connectivity index (χ1n) is 7.00. The molecule has 0 radical (unpaired) electrons. The van der Waals surface area contributed by atoms with Gasteiger partial charge in [0, 0.05) is 5.02 Å². The monoisotopic (exact) mass is 337 g/mol. The summed E-state index contributed by atoms with van der Waals surface area (Å²) in [4.78, 5) is 12.3. The lowest BCUT2D eigenvalue weighted by Crippen LogP contribution is -2.37. The fourth-order valence-electron chi connectivity index (χ4n) is 2.17. The van der Waals surface area contributed by atoms with Crippen LogP contribution in [0.5, 0.6) is 5.75 Å². The maximum Gasteiger partial charge on any atom is 0.255 e. The van der Waals surface area contributed by atoms with E-state index in [9.17, 15) is 14.3 Å². The van der Waals surface area contributed by atoms with Crippen molar-refractivity contribution in [1.29, 1.82) is 0 Å². The number of hydrogen-bond donors (Lipinski definition) is 2. The van der Waals surface area contributed by atoms with E-state index >= 15 is 0 Å². The Kier molecular flexibility index (Phi) is 5.58. The van der Waals surface area contributed by atoms with Gasteiger partial charge in [-0.15, -0.1) is 0 Å². The topological polar surface area (TPSA) is 58.6 Å². The van der Waals surface area contributed by atoms with Crippen LogP contribution in [0.4, 0.5) is 4.39 Å². The zero-order valence-electron chi connectivity index (χ0n) is 12.7. The molecule has 122 valence electrons. The second-order valence-electron chi connectivity index (χ2n) is 5.10. The molecule has 0 aliphatic carbocycles. The third-order valence-electron chi connectivity index (χ3n) is 3.45. The summed E-state index contributed by atoms with van der Waals surface area (Å²) in [6.45, 7) is 1.66. The predicted octanol–water partition coefficient (Wildman–Crippen LogP) is 3.34. The largest absolute Gasteiger partial charge is 0.496 e. The molecule has 2 unspecified atom stereocenters. The lowest BCUT2D eigenvalue weighted by atomic mass is 10.0. The van der Waals surface area contributed by atoms with E-state index in [-0.39, 0.29) is 11.3 Å². The fraction of sp³-hybridized carbons (Fsp3) is 0.235. The molecule has 0 aromatic heterocycles. The van der Waals surface area contributed by atoms with Crippen molar-refractivity contribution in [2.24, 2.45) is 0 Å². The molecule has 1 amide bonds. The first-order valence-corrected chi connectivity index (χ1v) is 7.38. The molecule has 2 N–H and O–H groups in total. The zero-order valence-corrected chi connectivity index (χ0v) is 13.5. The van der Waals surface area contributed by atoms with Crippen molar-refractivity contribution < 1.29 is 19.0 Å². The summed E-state index contributed by atoms with van der Waals surface area (Å²) >= 11 is 5.81. The second kappa shape index (κ2) is 7.44. The van der Waals surface area contributed by atoms with Crippen LogP contribution in [0.1, 0.15) is 28.9 Å². The number of amides is 1. The van der Waals surface area contributed by atoms with E-state index in [1.165, 1.54) is 19.2 Å². The summed E-state index contributed by atoms with van der Waals surface area (Å²) in [7, 11) is 1.40. The number of aliphatic hydroxyl groups excluding tert-OH is 1. The predicted molar refractivity (Wildman–Crippen MR) is 86.3 cm³/mol. The number of nitrogens with one attached hydrogen (secondary N) is 1. The Morgan fingerprint density at radius 3 is 2.52 bits per heavy atom. The van der Waals surface area contributed by atoms with E-state index in [1.54, 1.807) is 31.2 Å². The number of hydrogen-bond acceptors (Lipinski definition) is 3. The maximum atomic E-state index is 13.3. The second-order valence-corrected chi connectivity index (χ2v) is 5.54. The van der Waals surface area contributed by atoms with Gasteiger partial charge < -0.3 is 15.2 Å². The molecule has 2 aromatic rings. The standard InChI is InChI=1S/C17H17ClFNO3/c1-10(16(21)11-3-5-12(18)6-4-11)20-17(22)14-9-13(19)7-8-15(14)23-2/h3-10,16,21H,1-2H3,(H,20,22). The quantitative estimate of drug-likeness (QED) is 0.879. The van der Waals surface area contributed by atoms with E-state index in [1.807, 2.05) is 0 Å². The maximum absolute atomic E-state index is 13.3. The minimum Gasteiger partial charge on any atom is -0.496 e. The SMILES string of the molecule is COc1ccc(F)cc1C(=O)NC(C)C(O)c1ccc(Cl)cc1. The third kappa shape index (κ3) is 4.21. The summed E-state index contributed by atoms with van der Waals surface area (Å²) < 4.78 is 18.4. The van der Waals surface area contributed by atoms with Crippen molar-refractivity contribution in [3.05, 3.63) is 64.4 Å². The van der Waals surface area contributed by atoms with Crippen LogP contribution in [0.25, 0.3) is 0 Å². The first kappa shape index (κ1) is 17.2. The number of carbonyl (C=O) groups excluding carboxylic acids is 1. The number of rotatable bonds is 5. The van der Waals surface area contributed by atoms with Crippen LogP contribution in [0.2, 0.25) is 5.02 Å². The number of ether oxygens (including phenoxy) is 1. The number of carbonyl (C=O) groups is 1. The molecule has 0 heterocycles. The van der Waals surface area contributed by atoms with Crippen LogP contribution < -0.4 is 10.1 Å². The minimum absolute atomic E-state index is 0.0719. The van der Waals surface area contributed by atoms with Crippen LogP contribution in [-0.2, 0) is 0 Å². The number of methoxy groups -OCH3 is 1. The average Bonchev–Trinajstić information content (AvgIpc) is 2.54. The van der Waals surface area contributed by atoms with E-state index in [0.29, 0.717) is 10.6 Å². The Morgan fingerprint density at radius 2 is 1.91 bits per heavy atom. The van der Waals surface area contributed by atoms with Gasteiger partial charge in [0.15, 0.2) is 0 Å². The lowest BCUT2D eigenvalue weighted by molar-refractivity contribution is 0.0849. The van der Waals surface area contributed by atoms with Crippen molar-refractivity contribution in [1.82, 2.24) is 5.32 Å². The highest BCUT2D eigenvalue weighted by Crippen LogP contribution is 2.22. The van der Waals surface area contributed by atoms with Gasteiger partial charge in [-0.1, -0.05) is 23.7 Å². The fourth-order valence-corrected chi connectivity index (χ4v) is 2.30. The molecule has 2 aromatic carbocycles. The Bertz CT molecular complexity index is 691. The number of benzene rings is 2. The number of aliphatic hydroxyl groups is 1. The van der Waals surface area contributed by atoms with E-state index in [4.69, 9.17) is 16.3 Å². The summed E-state index contributed by atoms with van der Waals surface area (Å²) in [5, 5.41) is 13.5. The van der Waals surface area contributed by atoms with Gasteiger partial charge >= 0.3 is 0 Å². The summed E-state index contributed by atoms with van der Waals surface area (Å²) in [5.41, 5.74) is 0.691. The van der Waals surface area contributed by atoms with E-state index < -0.39 is 23.9 Å². The molecule has 0 saturated carbocycles. The Hall–Kier alpha value is -2.11. The van der Waals surface area contributed by atoms with Crippen LogP contribution >= 0.6 is 11.6 Å². The molecule has 4 nitrogen and oxygen atoms in total. The first-order chi connectivity index (χ1) is 10.9. The molecule has 2 rings (SSSR count). The third-order valence-corrected chi connectivity index (χ3v) is 3.70. The summed E-state index contributed by atoms with van der Waals surface area (Å²) in [5.74, 6) is -0.805. The van der Waals surface area contributed by atoms with Gasteiger partial charge in [0.25, 0.3) is 5.91 Å². The van der Waals surface area contributed by atoms with Crippen molar-refractivity contribution in [3.8, 4) is 5.75 Å². The van der Waals surface area contributed by atoms with Gasteiger partial charge in [-0.05, 0) is 42.8 Å². The molecular weight excluding hydrogens is 321 g/mol. The Labute approximate surface area is 138 Å². The molecule has 0 aliphatic rings. The molecule has 6 heteroatoms. The van der Waals surface area contributed by atoms with Crippen molar-refractivity contribution >= 4 is 17.5 Å². The van der Waals surface area contributed by atoms with Gasteiger partial charge in [-0.25, -0.2) is 4.39 Å². The van der Waals surface area contributed by atoms with E-state index in [0.717, 1.165) is 6.07 Å². The zero-order chi connectivity index (χ0) is 17.0. The summed E-state index contributed by atoms with van der Waals surface area (Å²) in [6.07, 6.45) is -0.921. The summed E-state index contributed by atoms with van der Waals surface area (Å²) in [6, 6.07) is 9.77. The smallest absolute Gasteiger partial charge is 0.255 e. The van der Waals surface area contributed by atoms with Gasteiger partial charge in [-0.2, -0.15) is 0 Å². The van der Waals surface area contributed by atoms with Gasteiger partial charge in [0.05, 0.1) is 24.8 Å². The van der Waals surface area contributed by atoms with Crippen LogP contribution in [0.15, 0.2) is 42.5 Å². The minimum atomic E-state index is -0.921. The van der Waals surface area contributed by atoms with Crippen LogP contribution in [0.3, 0.4) is 0 Å². The average molecular weight is 338 g/mol. The molecule has 0 spiro atoms. The molecule has 0 fully saturated rings. The molecule has 0 bridgehead atoms. The van der Waals surface area contributed by atoms with Crippen molar-refractivity contribution in [3.63, 3.8) is 0 Å². The Morgan fingerprint density at radius 1 is 1.26 bits per heavy atom. The van der Waals surface area contributed by atoms with Crippen molar-refractivity contribution in [2.75, 3.05) is 7.11 Å². The van der Waals surface area contributed by atoms with Crippen LogP contribution in [-0.4, -0.2) is 24.2 Å².